The Morgan fingerprint density at radius 1 is 0.840 bits per heavy atom. The topological polar surface area (TPSA) is 29.1 Å². The van der Waals surface area contributed by atoms with Gasteiger partial charge in [-0.1, -0.05) is 77.8 Å². The highest BCUT2D eigenvalue weighted by Gasteiger charge is 2.13. The zero-order chi connectivity index (χ0) is 17.6. The molecule has 0 unspecified atom stereocenters. The molecule has 0 saturated heterocycles. The molecule has 0 fully saturated rings. The number of hydrogen-bond donors (Lipinski definition) is 1. The monoisotopic (exact) mass is 367 g/mol. The fourth-order valence-corrected chi connectivity index (χ4v) is 2.79. The zero-order valence-electron chi connectivity index (χ0n) is 13.2. The van der Waals surface area contributed by atoms with Gasteiger partial charge in [0, 0.05) is 21.3 Å². The van der Waals surface area contributed by atoms with Crippen LogP contribution in [0.2, 0.25) is 10.0 Å². The Morgan fingerprint density at radius 2 is 1.56 bits per heavy atom. The van der Waals surface area contributed by atoms with Crippen LogP contribution in [-0.2, 0) is 4.79 Å². The summed E-state index contributed by atoms with van der Waals surface area (Å²) in [5.41, 5.74) is 2.75. The number of carbonyl (C=O) groups is 1. The van der Waals surface area contributed by atoms with Crippen LogP contribution in [0, 0.1) is 0 Å². The quantitative estimate of drug-likeness (QED) is 0.433. The third kappa shape index (κ3) is 4.50. The van der Waals surface area contributed by atoms with Crippen LogP contribution < -0.4 is 5.32 Å². The molecule has 0 radical (unpaired) electrons. The molecule has 0 saturated carbocycles. The van der Waals surface area contributed by atoms with Gasteiger partial charge in [-0.2, -0.15) is 0 Å². The summed E-state index contributed by atoms with van der Waals surface area (Å²) >= 11 is 12.2. The Morgan fingerprint density at radius 3 is 2.28 bits per heavy atom. The van der Waals surface area contributed by atoms with E-state index >= 15 is 0 Å². The van der Waals surface area contributed by atoms with E-state index in [4.69, 9.17) is 23.2 Å². The van der Waals surface area contributed by atoms with Gasteiger partial charge in [0.25, 0.3) is 5.91 Å². The summed E-state index contributed by atoms with van der Waals surface area (Å²) in [4.78, 5) is 12.9. The first-order chi connectivity index (χ1) is 12.1. The lowest BCUT2D eigenvalue weighted by Gasteiger charge is -2.10. The molecule has 0 aliphatic carbocycles. The van der Waals surface area contributed by atoms with Crippen LogP contribution in [0.15, 0.2) is 78.9 Å². The van der Waals surface area contributed by atoms with E-state index in [1.165, 1.54) is 0 Å². The molecule has 1 amide bonds. The predicted molar refractivity (Wildman–Crippen MR) is 106 cm³/mol. The van der Waals surface area contributed by atoms with Crippen LogP contribution in [0.3, 0.4) is 0 Å². The summed E-state index contributed by atoms with van der Waals surface area (Å²) in [6.07, 6.45) is 1.79. The van der Waals surface area contributed by atoms with Crippen molar-refractivity contribution in [1.82, 2.24) is 0 Å². The Hall–Kier alpha value is -2.55. The number of amides is 1. The van der Waals surface area contributed by atoms with Gasteiger partial charge in [0.15, 0.2) is 0 Å². The standard InChI is InChI=1S/C21H15Cl2NO/c22-17-10-6-11-18(14-17)24-21(25)19(15-7-2-1-3-8-15)13-16-9-4-5-12-20(16)23/h1-14H,(H,24,25)/b19-13+. The van der Waals surface area contributed by atoms with Gasteiger partial charge in [0.2, 0.25) is 0 Å². The molecular weight excluding hydrogens is 353 g/mol. The van der Waals surface area contributed by atoms with Gasteiger partial charge in [-0.15, -0.1) is 0 Å². The first-order valence-corrected chi connectivity index (χ1v) is 8.47. The van der Waals surface area contributed by atoms with E-state index in [9.17, 15) is 4.79 Å². The Labute approximate surface area is 156 Å². The Bertz CT molecular complexity index is 920. The molecule has 0 bridgehead atoms. The molecule has 0 spiro atoms. The summed E-state index contributed by atoms with van der Waals surface area (Å²) in [5, 5.41) is 4.04. The molecule has 124 valence electrons. The number of carbonyl (C=O) groups excluding carboxylic acids is 1. The first kappa shape index (κ1) is 17.3. The van der Waals surface area contributed by atoms with Crippen molar-refractivity contribution in [1.29, 1.82) is 0 Å². The lowest BCUT2D eigenvalue weighted by Crippen LogP contribution is -2.13. The van der Waals surface area contributed by atoms with Crippen LogP contribution in [0.4, 0.5) is 5.69 Å². The second-order valence-corrected chi connectivity index (χ2v) is 6.25. The summed E-state index contributed by atoms with van der Waals surface area (Å²) in [6, 6.07) is 23.9. The molecule has 0 aliphatic rings. The van der Waals surface area contributed by atoms with Crippen molar-refractivity contribution in [2.24, 2.45) is 0 Å². The predicted octanol–water partition coefficient (Wildman–Crippen LogP) is 6.17. The molecule has 0 aromatic heterocycles. The minimum absolute atomic E-state index is 0.228. The van der Waals surface area contributed by atoms with Gasteiger partial charge >= 0.3 is 0 Å². The molecule has 0 aliphatic heterocycles. The molecule has 3 aromatic rings. The van der Waals surface area contributed by atoms with E-state index in [-0.39, 0.29) is 5.91 Å². The molecule has 4 heteroatoms. The molecule has 25 heavy (non-hydrogen) atoms. The van der Waals surface area contributed by atoms with Crippen molar-refractivity contribution in [2.75, 3.05) is 5.32 Å². The molecule has 2 nitrogen and oxygen atoms in total. The average molecular weight is 368 g/mol. The summed E-state index contributed by atoms with van der Waals surface area (Å²) in [5.74, 6) is -0.228. The molecule has 0 heterocycles. The van der Waals surface area contributed by atoms with E-state index in [2.05, 4.69) is 5.32 Å². The van der Waals surface area contributed by atoms with Crippen molar-refractivity contribution in [2.45, 2.75) is 0 Å². The van der Waals surface area contributed by atoms with Gasteiger partial charge in [-0.25, -0.2) is 0 Å². The zero-order valence-corrected chi connectivity index (χ0v) is 14.8. The smallest absolute Gasteiger partial charge is 0.256 e. The maximum Gasteiger partial charge on any atom is 0.256 e. The number of rotatable bonds is 4. The Kier molecular flexibility index (Phi) is 5.54. The van der Waals surface area contributed by atoms with E-state index in [1.54, 1.807) is 36.4 Å². The lowest BCUT2D eigenvalue weighted by molar-refractivity contribution is -0.111. The van der Waals surface area contributed by atoms with E-state index in [1.807, 2.05) is 48.5 Å². The summed E-state index contributed by atoms with van der Waals surface area (Å²) in [6.45, 7) is 0. The van der Waals surface area contributed by atoms with Crippen LogP contribution in [0.25, 0.3) is 11.6 Å². The third-order valence-corrected chi connectivity index (χ3v) is 4.20. The fourth-order valence-electron chi connectivity index (χ4n) is 2.41. The second-order valence-electron chi connectivity index (χ2n) is 5.41. The van der Waals surface area contributed by atoms with E-state index in [0.717, 1.165) is 11.1 Å². The van der Waals surface area contributed by atoms with Crippen molar-refractivity contribution in [3.05, 3.63) is 100 Å². The van der Waals surface area contributed by atoms with Gasteiger partial charge in [0.05, 0.1) is 0 Å². The largest absolute Gasteiger partial charge is 0.322 e. The summed E-state index contributed by atoms with van der Waals surface area (Å²) < 4.78 is 0. The van der Waals surface area contributed by atoms with Gasteiger partial charge in [0.1, 0.15) is 0 Å². The van der Waals surface area contributed by atoms with Crippen LogP contribution in [0.1, 0.15) is 11.1 Å². The Balaban J connectivity index is 2.00. The highest BCUT2D eigenvalue weighted by molar-refractivity contribution is 6.34. The normalized spacial score (nSPS) is 11.2. The molecule has 3 rings (SSSR count). The number of anilines is 1. The molecule has 1 N–H and O–H groups in total. The highest BCUT2D eigenvalue weighted by atomic mass is 35.5. The number of benzene rings is 3. The maximum atomic E-state index is 12.9. The number of halogens is 2. The summed E-state index contributed by atoms with van der Waals surface area (Å²) in [7, 11) is 0. The second kappa shape index (κ2) is 8.02. The van der Waals surface area contributed by atoms with Crippen molar-refractivity contribution < 1.29 is 4.79 Å². The van der Waals surface area contributed by atoms with Crippen molar-refractivity contribution >= 4 is 46.4 Å². The lowest BCUT2D eigenvalue weighted by atomic mass is 10.0. The highest BCUT2D eigenvalue weighted by Crippen LogP contribution is 2.25. The van der Waals surface area contributed by atoms with Crippen LogP contribution in [-0.4, -0.2) is 5.91 Å². The van der Waals surface area contributed by atoms with Crippen molar-refractivity contribution in [3.8, 4) is 0 Å². The van der Waals surface area contributed by atoms with Gasteiger partial charge < -0.3 is 5.32 Å². The SMILES string of the molecule is O=C(Nc1cccc(Cl)c1)/C(=C/c1ccccc1Cl)c1ccccc1. The minimum Gasteiger partial charge on any atom is -0.322 e. The number of hydrogen-bond acceptors (Lipinski definition) is 1. The van der Waals surface area contributed by atoms with E-state index < -0.39 is 0 Å². The van der Waals surface area contributed by atoms with E-state index in [0.29, 0.717) is 21.3 Å². The van der Waals surface area contributed by atoms with Gasteiger partial charge in [-0.05, 0) is 41.5 Å². The third-order valence-electron chi connectivity index (χ3n) is 3.62. The fraction of sp³-hybridized carbons (Fsp3) is 0. The van der Waals surface area contributed by atoms with Crippen molar-refractivity contribution in [3.63, 3.8) is 0 Å². The molecule has 3 aromatic carbocycles. The molecule has 0 atom stereocenters. The van der Waals surface area contributed by atoms with Gasteiger partial charge in [-0.3, -0.25) is 4.79 Å². The first-order valence-electron chi connectivity index (χ1n) is 7.72. The van der Waals surface area contributed by atoms with Crippen LogP contribution in [0.5, 0.6) is 0 Å². The van der Waals surface area contributed by atoms with Crippen LogP contribution >= 0.6 is 23.2 Å². The molecular formula is C21H15Cl2NO. The maximum absolute atomic E-state index is 12.9. The minimum atomic E-state index is -0.228. The number of nitrogens with one attached hydrogen (secondary N) is 1. The average Bonchev–Trinajstić information content (AvgIpc) is 2.61.